The van der Waals surface area contributed by atoms with Gasteiger partial charge in [0.15, 0.2) is 6.10 Å². The van der Waals surface area contributed by atoms with Crippen LogP contribution in [0.3, 0.4) is 0 Å². The number of anilines is 1. The number of nitrogens with zero attached hydrogens (tertiary/aromatic N) is 2. The van der Waals surface area contributed by atoms with Gasteiger partial charge in [0.05, 0.1) is 16.6 Å². The highest BCUT2D eigenvalue weighted by Crippen LogP contribution is 2.30. The first-order chi connectivity index (χ1) is 18.9. The van der Waals surface area contributed by atoms with Gasteiger partial charge in [-0.1, -0.05) is 61.5 Å². The highest BCUT2D eigenvalue weighted by Gasteiger charge is 2.29. The summed E-state index contributed by atoms with van der Waals surface area (Å²) in [5.74, 6) is -2.20. The average Bonchev–Trinajstić information content (AvgIpc) is 2.95. The first kappa shape index (κ1) is 26.1. The fourth-order valence-electron chi connectivity index (χ4n) is 4.92. The highest BCUT2D eigenvalue weighted by molar-refractivity contribution is 6.06. The van der Waals surface area contributed by atoms with Crippen molar-refractivity contribution in [3.8, 4) is 0 Å². The van der Waals surface area contributed by atoms with E-state index in [1.54, 1.807) is 19.1 Å². The molecular weight excluding hydrogens is 494 g/mol. The van der Waals surface area contributed by atoms with Gasteiger partial charge in [-0.2, -0.15) is 0 Å². The lowest BCUT2D eigenvalue weighted by atomic mass is 9.95. The van der Waals surface area contributed by atoms with E-state index in [2.05, 4.69) is 22.3 Å². The predicted octanol–water partition coefficient (Wildman–Crippen LogP) is 5.07. The molecule has 1 aliphatic rings. The first-order valence-corrected chi connectivity index (χ1v) is 12.9. The Hall–Kier alpha value is -4.56. The number of nitrogens with one attached hydrogen (secondary N) is 1. The zero-order valence-corrected chi connectivity index (χ0v) is 21.6. The number of carbonyl (C=O) groups excluding carboxylic acids is 2. The minimum Gasteiger partial charge on any atom is -0.478 e. The van der Waals surface area contributed by atoms with Gasteiger partial charge >= 0.3 is 11.9 Å². The normalized spacial score (nSPS) is 13.9. The molecular formula is C31H29N3O5. The van der Waals surface area contributed by atoms with E-state index in [0.29, 0.717) is 35.1 Å². The molecule has 2 heterocycles. The number of esters is 1. The third-order valence-corrected chi connectivity index (χ3v) is 6.87. The molecule has 4 aromatic rings. The fraction of sp³-hybridized carbons (Fsp3) is 0.226. The molecule has 3 aromatic carbocycles. The first-order valence-electron chi connectivity index (χ1n) is 12.9. The molecule has 198 valence electrons. The van der Waals surface area contributed by atoms with Crippen LogP contribution in [-0.2, 0) is 29.0 Å². The molecule has 0 aliphatic carbocycles. The maximum atomic E-state index is 13.7. The number of amides is 1. The number of fused-ring (bicyclic) bond motifs is 2. The van der Waals surface area contributed by atoms with Crippen LogP contribution in [0.15, 0.2) is 78.9 Å². The molecule has 1 aromatic heterocycles. The molecule has 0 saturated heterocycles. The van der Waals surface area contributed by atoms with Crippen LogP contribution in [0.4, 0.5) is 5.69 Å². The maximum Gasteiger partial charge on any atom is 0.340 e. The molecule has 1 aliphatic heterocycles. The van der Waals surface area contributed by atoms with Gasteiger partial charge in [0.25, 0.3) is 5.91 Å². The molecule has 1 unspecified atom stereocenters. The molecule has 1 amide bonds. The number of hydrogen-bond donors (Lipinski definition) is 2. The van der Waals surface area contributed by atoms with Gasteiger partial charge in [0.1, 0.15) is 0 Å². The second-order valence-electron chi connectivity index (χ2n) is 9.55. The Bertz CT molecular complexity index is 1540. The van der Waals surface area contributed by atoms with E-state index < -0.39 is 23.9 Å². The van der Waals surface area contributed by atoms with Crippen LogP contribution in [0.25, 0.3) is 10.9 Å². The Kier molecular flexibility index (Phi) is 7.65. The van der Waals surface area contributed by atoms with E-state index in [0.717, 1.165) is 24.3 Å². The number of carbonyl (C=O) groups is 3. The Labute approximate surface area is 226 Å². The minimum absolute atomic E-state index is 0.0489. The van der Waals surface area contributed by atoms with Gasteiger partial charge in [0.2, 0.25) is 0 Å². The number of benzene rings is 3. The van der Waals surface area contributed by atoms with Gasteiger partial charge in [0, 0.05) is 48.4 Å². The van der Waals surface area contributed by atoms with Crippen molar-refractivity contribution in [2.45, 2.75) is 39.0 Å². The van der Waals surface area contributed by atoms with Crippen LogP contribution in [-0.4, -0.2) is 45.5 Å². The lowest BCUT2D eigenvalue weighted by Crippen LogP contribution is -2.35. The molecule has 0 bridgehead atoms. The van der Waals surface area contributed by atoms with Crippen LogP contribution in [0, 0.1) is 0 Å². The third kappa shape index (κ3) is 5.81. The number of carboxylic acids is 1. The third-order valence-electron chi connectivity index (χ3n) is 6.87. The molecule has 0 saturated carbocycles. The molecule has 1 atom stereocenters. The van der Waals surface area contributed by atoms with Crippen LogP contribution < -0.4 is 5.32 Å². The Morgan fingerprint density at radius 3 is 2.56 bits per heavy atom. The Balaban J connectivity index is 1.41. The zero-order valence-electron chi connectivity index (χ0n) is 21.6. The van der Waals surface area contributed by atoms with E-state index in [4.69, 9.17) is 9.72 Å². The minimum atomic E-state index is -1.10. The summed E-state index contributed by atoms with van der Waals surface area (Å²) in [6.45, 7) is 3.86. The lowest BCUT2D eigenvalue weighted by molar-refractivity contribution is -0.124. The molecule has 8 nitrogen and oxygen atoms in total. The highest BCUT2D eigenvalue weighted by atomic mass is 16.5. The zero-order chi connectivity index (χ0) is 27.4. The topological polar surface area (TPSA) is 109 Å². The average molecular weight is 524 g/mol. The second-order valence-corrected chi connectivity index (χ2v) is 9.55. The van der Waals surface area contributed by atoms with Crippen LogP contribution in [0.2, 0.25) is 0 Å². The maximum absolute atomic E-state index is 13.7. The van der Waals surface area contributed by atoms with Crippen molar-refractivity contribution in [1.82, 2.24) is 9.88 Å². The van der Waals surface area contributed by atoms with Gasteiger partial charge in [-0.25, -0.2) is 9.59 Å². The molecule has 8 heteroatoms. The number of ether oxygens (including phenoxy) is 1. The second kappa shape index (κ2) is 11.4. The summed E-state index contributed by atoms with van der Waals surface area (Å²) in [4.78, 5) is 45.2. The van der Waals surface area contributed by atoms with E-state index in [1.165, 1.54) is 17.7 Å². The van der Waals surface area contributed by atoms with E-state index >= 15 is 0 Å². The van der Waals surface area contributed by atoms with Crippen molar-refractivity contribution >= 4 is 34.4 Å². The van der Waals surface area contributed by atoms with Crippen LogP contribution in [0.1, 0.15) is 50.9 Å². The van der Waals surface area contributed by atoms with Crippen molar-refractivity contribution < 1.29 is 24.2 Å². The van der Waals surface area contributed by atoms with E-state index in [-0.39, 0.29) is 12.0 Å². The van der Waals surface area contributed by atoms with Crippen molar-refractivity contribution in [3.05, 3.63) is 107 Å². The van der Waals surface area contributed by atoms with Crippen molar-refractivity contribution in [2.75, 3.05) is 11.9 Å². The smallest absolute Gasteiger partial charge is 0.340 e. The summed E-state index contributed by atoms with van der Waals surface area (Å²) in [7, 11) is 0. The molecule has 0 radical (unpaired) electrons. The van der Waals surface area contributed by atoms with Gasteiger partial charge in [-0.05, 0) is 36.2 Å². The van der Waals surface area contributed by atoms with Gasteiger partial charge in [-0.15, -0.1) is 0 Å². The molecule has 2 N–H and O–H groups in total. The standard InChI is InChI=1S/C31H29N3O5/c1-2-27(29(35)32-22-12-8-11-21(17-22)30(36)37)39-31(38)28-23-13-6-7-14-25(23)33-26-15-16-34(19-24(26)28)18-20-9-4-3-5-10-20/h3-14,17,27H,2,15-16,18-19H2,1H3,(H,32,35)(H,36,37). The number of aromatic carboxylic acids is 1. The van der Waals surface area contributed by atoms with E-state index in [1.807, 2.05) is 42.5 Å². The van der Waals surface area contributed by atoms with Gasteiger partial charge < -0.3 is 15.2 Å². The molecule has 0 fully saturated rings. The quantitative estimate of drug-likeness (QED) is 0.311. The van der Waals surface area contributed by atoms with E-state index in [9.17, 15) is 19.5 Å². The van der Waals surface area contributed by atoms with Crippen molar-refractivity contribution in [2.24, 2.45) is 0 Å². The molecule has 39 heavy (non-hydrogen) atoms. The summed E-state index contributed by atoms with van der Waals surface area (Å²) < 4.78 is 5.81. The number of para-hydroxylation sites is 1. The summed E-state index contributed by atoms with van der Waals surface area (Å²) in [5, 5.41) is 12.6. The Morgan fingerprint density at radius 2 is 1.79 bits per heavy atom. The van der Waals surface area contributed by atoms with Gasteiger partial charge in [-0.3, -0.25) is 14.7 Å². The SMILES string of the molecule is CCC(OC(=O)c1c2c(nc3ccccc13)CCN(Cc1ccccc1)C2)C(=O)Nc1cccc(C(=O)O)c1. The van der Waals surface area contributed by atoms with Crippen molar-refractivity contribution in [1.29, 1.82) is 0 Å². The Morgan fingerprint density at radius 1 is 1.03 bits per heavy atom. The number of aromatic nitrogens is 1. The summed E-state index contributed by atoms with van der Waals surface area (Å²) >= 11 is 0. The van der Waals surface area contributed by atoms with Crippen LogP contribution in [0.5, 0.6) is 0 Å². The number of rotatable bonds is 8. The number of carboxylic acid groups (broad SMARTS) is 1. The lowest BCUT2D eigenvalue weighted by Gasteiger charge is -2.30. The largest absolute Gasteiger partial charge is 0.478 e. The van der Waals surface area contributed by atoms with Crippen molar-refractivity contribution in [3.63, 3.8) is 0 Å². The number of hydrogen-bond acceptors (Lipinski definition) is 6. The molecule has 0 spiro atoms. The van der Waals surface area contributed by atoms with Crippen LogP contribution >= 0.6 is 0 Å². The predicted molar refractivity (Wildman–Crippen MR) is 148 cm³/mol. The monoisotopic (exact) mass is 523 g/mol. The summed E-state index contributed by atoms with van der Waals surface area (Å²) in [6.07, 6.45) is -0.107. The molecule has 5 rings (SSSR count). The number of pyridine rings is 1. The summed E-state index contributed by atoms with van der Waals surface area (Å²) in [5.41, 5.74) is 4.40. The fourth-order valence-corrected chi connectivity index (χ4v) is 4.92. The summed E-state index contributed by atoms with van der Waals surface area (Å²) in [6, 6.07) is 23.6.